The van der Waals surface area contributed by atoms with Crippen LogP contribution in [0.5, 0.6) is 0 Å². The topological polar surface area (TPSA) is 36.0 Å². The summed E-state index contributed by atoms with van der Waals surface area (Å²) in [6.45, 7) is 10.5. The molecule has 0 bridgehead atoms. The quantitative estimate of drug-likeness (QED) is 0.582. The molecule has 1 unspecified atom stereocenters. The summed E-state index contributed by atoms with van der Waals surface area (Å²) < 4.78 is 19.0. The third kappa shape index (κ3) is 7.42. The van der Waals surface area contributed by atoms with Crippen LogP contribution >= 0.6 is 0 Å². The Hall–Kier alpha value is -2.28. The van der Waals surface area contributed by atoms with Crippen LogP contribution in [0.3, 0.4) is 0 Å². The van der Waals surface area contributed by atoms with E-state index in [1.54, 1.807) is 11.0 Å². The summed E-state index contributed by atoms with van der Waals surface area (Å²) in [5.74, 6) is -0.206. The molecule has 0 saturated carbocycles. The maximum atomic E-state index is 13.6. The molecule has 1 fully saturated rings. The minimum atomic E-state index is -0.272. The van der Waals surface area contributed by atoms with Gasteiger partial charge in [0.2, 0.25) is 5.91 Å². The average molecular weight is 428 g/mol. The molecule has 1 aliphatic heterocycles. The molecule has 31 heavy (non-hydrogen) atoms. The van der Waals surface area contributed by atoms with Crippen molar-refractivity contribution in [1.82, 2.24) is 14.7 Å². The van der Waals surface area contributed by atoms with Gasteiger partial charge in [-0.1, -0.05) is 42.5 Å². The number of morpholine rings is 1. The molecule has 1 aliphatic rings. The lowest BCUT2D eigenvalue weighted by Gasteiger charge is -2.35. The van der Waals surface area contributed by atoms with Crippen molar-refractivity contribution >= 4 is 5.91 Å². The Bertz CT molecular complexity index is 811. The van der Waals surface area contributed by atoms with Crippen molar-refractivity contribution in [2.75, 3.05) is 45.9 Å². The van der Waals surface area contributed by atoms with E-state index in [1.165, 1.54) is 17.7 Å². The summed E-state index contributed by atoms with van der Waals surface area (Å²) in [5.41, 5.74) is 2.00. The van der Waals surface area contributed by atoms with Gasteiger partial charge < -0.3 is 9.64 Å². The fourth-order valence-electron chi connectivity index (χ4n) is 3.96. The van der Waals surface area contributed by atoms with Gasteiger partial charge in [0.05, 0.1) is 19.8 Å². The number of hydrogen-bond acceptors (Lipinski definition) is 4. The normalized spacial score (nSPS) is 15.7. The molecule has 3 rings (SSSR count). The lowest BCUT2D eigenvalue weighted by Crippen LogP contribution is -2.49. The number of benzene rings is 2. The first-order valence-corrected chi connectivity index (χ1v) is 11.2. The molecule has 1 heterocycles. The SMILES string of the molecule is CCN(Cc1cccc(F)c1)C(=O)CN(Cc1ccccc1)C(C)CN1CCOCC1. The van der Waals surface area contributed by atoms with Crippen LogP contribution < -0.4 is 0 Å². The summed E-state index contributed by atoms with van der Waals surface area (Å²) in [5, 5.41) is 0. The van der Waals surface area contributed by atoms with Crippen LogP contribution in [-0.2, 0) is 22.6 Å². The van der Waals surface area contributed by atoms with Gasteiger partial charge in [0.25, 0.3) is 0 Å². The van der Waals surface area contributed by atoms with Crippen molar-refractivity contribution in [3.8, 4) is 0 Å². The maximum absolute atomic E-state index is 13.6. The fourth-order valence-corrected chi connectivity index (χ4v) is 3.96. The molecule has 0 aromatic heterocycles. The number of carbonyl (C=O) groups excluding carboxylic acids is 1. The average Bonchev–Trinajstić information content (AvgIpc) is 2.78. The molecule has 0 radical (unpaired) electrons. The standard InChI is InChI=1S/C25H34FN3O2/c1-3-28(19-23-10-7-11-24(26)16-23)25(30)20-29(18-22-8-5-4-6-9-22)21(2)17-27-12-14-31-15-13-27/h4-11,16,21H,3,12-15,17-20H2,1-2H3. The lowest BCUT2D eigenvalue weighted by molar-refractivity contribution is -0.133. The Morgan fingerprint density at radius 1 is 1.06 bits per heavy atom. The number of ether oxygens (including phenoxy) is 1. The van der Waals surface area contributed by atoms with Gasteiger partial charge in [0.15, 0.2) is 0 Å². The molecular weight excluding hydrogens is 393 g/mol. The summed E-state index contributed by atoms with van der Waals surface area (Å²) in [7, 11) is 0. The van der Waals surface area contributed by atoms with Crippen LogP contribution in [0.2, 0.25) is 0 Å². The van der Waals surface area contributed by atoms with Crippen LogP contribution in [0.1, 0.15) is 25.0 Å². The monoisotopic (exact) mass is 427 g/mol. The molecule has 0 N–H and O–H groups in total. The van der Waals surface area contributed by atoms with Gasteiger partial charge in [-0.2, -0.15) is 0 Å². The zero-order chi connectivity index (χ0) is 22.1. The minimum Gasteiger partial charge on any atom is -0.379 e. The summed E-state index contributed by atoms with van der Waals surface area (Å²) in [6.07, 6.45) is 0. The number of rotatable bonds is 10. The van der Waals surface area contributed by atoms with Gasteiger partial charge in [-0.15, -0.1) is 0 Å². The van der Waals surface area contributed by atoms with Crippen molar-refractivity contribution in [3.05, 3.63) is 71.5 Å². The number of hydrogen-bond donors (Lipinski definition) is 0. The third-order valence-corrected chi connectivity index (χ3v) is 5.81. The van der Waals surface area contributed by atoms with Gasteiger partial charge in [0, 0.05) is 45.3 Å². The smallest absolute Gasteiger partial charge is 0.237 e. The molecule has 1 atom stereocenters. The van der Waals surface area contributed by atoms with Gasteiger partial charge in [0.1, 0.15) is 5.82 Å². The largest absolute Gasteiger partial charge is 0.379 e. The van der Waals surface area contributed by atoms with Crippen molar-refractivity contribution in [3.63, 3.8) is 0 Å². The second-order valence-corrected chi connectivity index (χ2v) is 8.19. The van der Waals surface area contributed by atoms with E-state index in [0.29, 0.717) is 19.6 Å². The van der Waals surface area contributed by atoms with E-state index >= 15 is 0 Å². The Kier molecular flexibility index (Phi) is 9.00. The highest BCUT2D eigenvalue weighted by atomic mass is 19.1. The molecule has 6 heteroatoms. The van der Waals surface area contributed by atoms with Crippen LogP contribution in [-0.4, -0.2) is 72.6 Å². The lowest BCUT2D eigenvalue weighted by atomic mass is 10.1. The summed E-state index contributed by atoms with van der Waals surface area (Å²) in [4.78, 5) is 19.7. The highest BCUT2D eigenvalue weighted by Crippen LogP contribution is 2.13. The van der Waals surface area contributed by atoms with E-state index in [4.69, 9.17) is 4.74 Å². The van der Waals surface area contributed by atoms with Crippen molar-refractivity contribution in [1.29, 1.82) is 0 Å². The maximum Gasteiger partial charge on any atom is 0.237 e. The van der Waals surface area contributed by atoms with Gasteiger partial charge in [-0.3, -0.25) is 14.6 Å². The first-order chi connectivity index (χ1) is 15.0. The van der Waals surface area contributed by atoms with E-state index < -0.39 is 0 Å². The van der Waals surface area contributed by atoms with Gasteiger partial charge in [-0.25, -0.2) is 4.39 Å². The van der Waals surface area contributed by atoms with Crippen LogP contribution in [0.15, 0.2) is 54.6 Å². The molecule has 1 saturated heterocycles. The van der Waals surface area contributed by atoms with E-state index in [-0.39, 0.29) is 17.8 Å². The molecule has 0 spiro atoms. The van der Waals surface area contributed by atoms with Crippen LogP contribution in [0.25, 0.3) is 0 Å². The van der Waals surface area contributed by atoms with E-state index in [0.717, 1.165) is 45.0 Å². The van der Waals surface area contributed by atoms with E-state index in [1.807, 2.05) is 31.2 Å². The molecule has 2 aromatic rings. The number of carbonyl (C=O) groups is 1. The number of likely N-dealkylation sites (N-methyl/N-ethyl adjacent to an activating group) is 1. The molecule has 2 aromatic carbocycles. The molecule has 0 aliphatic carbocycles. The number of nitrogens with zero attached hydrogens (tertiary/aromatic N) is 3. The molecule has 5 nitrogen and oxygen atoms in total. The number of amides is 1. The van der Waals surface area contributed by atoms with Crippen molar-refractivity contribution < 1.29 is 13.9 Å². The van der Waals surface area contributed by atoms with Crippen LogP contribution in [0, 0.1) is 5.82 Å². The predicted octanol–water partition coefficient (Wildman–Crippen LogP) is 3.40. The van der Waals surface area contributed by atoms with Gasteiger partial charge >= 0.3 is 0 Å². The minimum absolute atomic E-state index is 0.0662. The summed E-state index contributed by atoms with van der Waals surface area (Å²) in [6, 6.07) is 17.0. The Morgan fingerprint density at radius 2 is 1.77 bits per heavy atom. The zero-order valence-electron chi connectivity index (χ0n) is 18.7. The Morgan fingerprint density at radius 3 is 2.45 bits per heavy atom. The molecule has 168 valence electrons. The first-order valence-electron chi connectivity index (χ1n) is 11.2. The Labute approximate surface area is 185 Å². The van der Waals surface area contributed by atoms with Crippen molar-refractivity contribution in [2.45, 2.75) is 33.0 Å². The van der Waals surface area contributed by atoms with E-state index in [2.05, 4.69) is 28.9 Å². The second kappa shape index (κ2) is 11.9. The van der Waals surface area contributed by atoms with Crippen molar-refractivity contribution in [2.24, 2.45) is 0 Å². The highest BCUT2D eigenvalue weighted by molar-refractivity contribution is 5.78. The highest BCUT2D eigenvalue weighted by Gasteiger charge is 2.23. The first kappa shape index (κ1) is 23.4. The van der Waals surface area contributed by atoms with Crippen LogP contribution in [0.4, 0.5) is 4.39 Å². The second-order valence-electron chi connectivity index (χ2n) is 8.19. The fraction of sp³-hybridized carbons (Fsp3) is 0.480. The molecular formula is C25H34FN3O2. The van der Waals surface area contributed by atoms with E-state index in [9.17, 15) is 9.18 Å². The molecule has 1 amide bonds. The zero-order valence-corrected chi connectivity index (χ0v) is 18.7. The predicted molar refractivity (Wildman–Crippen MR) is 121 cm³/mol. The summed E-state index contributed by atoms with van der Waals surface area (Å²) >= 11 is 0. The van der Waals surface area contributed by atoms with Gasteiger partial charge in [-0.05, 0) is 37.1 Å². The third-order valence-electron chi connectivity index (χ3n) is 5.81. The number of halogens is 1. The Balaban J connectivity index is 1.68.